The molecule has 1 N–H and O–H groups in total. The summed E-state index contributed by atoms with van der Waals surface area (Å²) in [6.07, 6.45) is -2.71. The molecule has 0 bridgehead atoms. The maximum Gasteiger partial charge on any atom is 0.412 e. The Balaban J connectivity index is 2.63. The first-order valence-electron chi connectivity index (χ1n) is 6.01. The van der Waals surface area contributed by atoms with Gasteiger partial charge >= 0.3 is 6.18 Å². The van der Waals surface area contributed by atoms with Gasteiger partial charge in [0.1, 0.15) is 0 Å². The molecule has 1 heterocycles. The average Bonchev–Trinajstić information content (AvgIpc) is 2.24. The van der Waals surface area contributed by atoms with Gasteiger partial charge in [-0.3, -0.25) is 4.90 Å². The fourth-order valence-corrected chi connectivity index (χ4v) is 2.24. The molecular formula is C12H21F3N2. The van der Waals surface area contributed by atoms with E-state index in [1.165, 1.54) is 6.08 Å². The van der Waals surface area contributed by atoms with Crippen molar-refractivity contribution in [3.05, 3.63) is 11.6 Å². The van der Waals surface area contributed by atoms with Gasteiger partial charge in [0.2, 0.25) is 0 Å². The van der Waals surface area contributed by atoms with E-state index in [4.69, 9.17) is 0 Å². The van der Waals surface area contributed by atoms with Crippen LogP contribution in [0.3, 0.4) is 0 Å². The molecule has 1 atom stereocenters. The normalized spacial score (nSPS) is 20.5. The molecule has 0 amide bonds. The first-order valence-corrected chi connectivity index (χ1v) is 6.01. The van der Waals surface area contributed by atoms with Crippen molar-refractivity contribution in [2.24, 2.45) is 5.92 Å². The number of rotatable bonds is 4. The van der Waals surface area contributed by atoms with E-state index >= 15 is 0 Å². The maximum absolute atomic E-state index is 12.5. The summed E-state index contributed by atoms with van der Waals surface area (Å²) in [7, 11) is 1.87. The van der Waals surface area contributed by atoms with Crippen LogP contribution < -0.4 is 5.32 Å². The predicted octanol–water partition coefficient (Wildman–Crippen LogP) is 2.42. The van der Waals surface area contributed by atoms with Crippen molar-refractivity contribution < 1.29 is 13.2 Å². The monoisotopic (exact) mass is 250 g/mol. The molecule has 0 fully saturated rings. The number of likely N-dealkylation sites (N-methyl/N-ethyl adjacent to an activating group) is 1. The van der Waals surface area contributed by atoms with E-state index in [0.29, 0.717) is 25.0 Å². The van der Waals surface area contributed by atoms with Gasteiger partial charge in [-0.15, -0.1) is 0 Å². The van der Waals surface area contributed by atoms with E-state index in [0.717, 1.165) is 6.54 Å². The molecule has 1 rings (SSSR count). The number of alkyl halides is 3. The second-order valence-corrected chi connectivity index (χ2v) is 4.84. The lowest BCUT2D eigenvalue weighted by molar-refractivity contribution is -0.0965. The number of nitrogens with zero attached hydrogens (tertiary/aromatic N) is 1. The van der Waals surface area contributed by atoms with Crippen molar-refractivity contribution in [1.82, 2.24) is 10.2 Å². The van der Waals surface area contributed by atoms with Crippen molar-refractivity contribution >= 4 is 0 Å². The highest BCUT2D eigenvalue weighted by atomic mass is 19.4. The Labute approximate surface area is 101 Å². The lowest BCUT2D eigenvalue weighted by atomic mass is 9.99. The summed E-state index contributed by atoms with van der Waals surface area (Å²) in [6.45, 7) is 5.91. The summed E-state index contributed by atoms with van der Waals surface area (Å²) >= 11 is 0. The van der Waals surface area contributed by atoms with Gasteiger partial charge in [-0.25, -0.2) is 0 Å². The highest BCUT2D eigenvalue weighted by Crippen LogP contribution is 2.31. The highest BCUT2D eigenvalue weighted by molar-refractivity contribution is 5.13. The van der Waals surface area contributed by atoms with Gasteiger partial charge in [0, 0.05) is 31.2 Å². The molecule has 0 aromatic heterocycles. The molecule has 0 aromatic rings. The number of hydrogen-bond donors (Lipinski definition) is 1. The highest BCUT2D eigenvalue weighted by Gasteiger charge is 2.35. The van der Waals surface area contributed by atoms with Crippen molar-refractivity contribution in [3.8, 4) is 0 Å². The third kappa shape index (κ3) is 4.00. The van der Waals surface area contributed by atoms with Crippen LogP contribution in [0.5, 0.6) is 0 Å². The van der Waals surface area contributed by atoms with Crippen molar-refractivity contribution in [1.29, 1.82) is 0 Å². The summed E-state index contributed by atoms with van der Waals surface area (Å²) in [5.41, 5.74) is -0.374. The Kier molecular flexibility index (Phi) is 5.01. The van der Waals surface area contributed by atoms with Crippen LogP contribution in [0.15, 0.2) is 11.6 Å². The van der Waals surface area contributed by atoms with Gasteiger partial charge in [0.05, 0.1) is 0 Å². The summed E-state index contributed by atoms with van der Waals surface area (Å²) in [4.78, 5) is 2.12. The number of hydrogen-bond acceptors (Lipinski definition) is 2. The van der Waals surface area contributed by atoms with Crippen LogP contribution in [-0.4, -0.2) is 43.8 Å². The molecule has 0 aliphatic carbocycles. The summed E-state index contributed by atoms with van der Waals surface area (Å²) in [5, 5.41) is 3.10. The van der Waals surface area contributed by atoms with Gasteiger partial charge in [-0.05, 0) is 19.4 Å². The lowest BCUT2D eigenvalue weighted by Crippen LogP contribution is -2.47. The second-order valence-electron chi connectivity index (χ2n) is 4.84. The van der Waals surface area contributed by atoms with E-state index in [9.17, 15) is 13.2 Å². The molecule has 0 saturated carbocycles. The van der Waals surface area contributed by atoms with E-state index in [-0.39, 0.29) is 12.0 Å². The van der Waals surface area contributed by atoms with Gasteiger partial charge in [0.25, 0.3) is 0 Å². The van der Waals surface area contributed by atoms with Crippen LogP contribution in [0.25, 0.3) is 0 Å². The van der Waals surface area contributed by atoms with E-state index in [2.05, 4.69) is 24.1 Å². The van der Waals surface area contributed by atoms with Gasteiger partial charge in [-0.2, -0.15) is 13.2 Å². The molecular weight excluding hydrogens is 229 g/mol. The molecule has 1 unspecified atom stereocenters. The molecule has 0 aromatic carbocycles. The number of halogens is 3. The van der Waals surface area contributed by atoms with Crippen molar-refractivity contribution in [2.45, 2.75) is 32.5 Å². The molecule has 17 heavy (non-hydrogen) atoms. The first kappa shape index (κ1) is 14.5. The molecule has 0 saturated heterocycles. The molecule has 5 heteroatoms. The zero-order valence-electron chi connectivity index (χ0n) is 10.6. The third-order valence-corrected chi connectivity index (χ3v) is 3.26. The minimum Gasteiger partial charge on any atom is -0.318 e. The van der Waals surface area contributed by atoms with Crippen LogP contribution in [0.4, 0.5) is 13.2 Å². The SMILES string of the molecule is CNCC(C(C)C)N1CC=C(C(F)(F)F)CC1. The maximum atomic E-state index is 12.5. The molecule has 0 spiro atoms. The minimum absolute atomic E-state index is 0.108. The zero-order valence-corrected chi connectivity index (χ0v) is 10.6. The molecule has 2 nitrogen and oxygen atoms in total. The smallest absolute Gasteiger partial charge is 0.318 e. The summed E-state index contributed by atoms with van der Waals surface area (Å²) in [5.74, 6) is 0.434. The summed E-state index contributed by atoms with van der Waals surface area (Å²) < 4.78 is 37.4. The fraction of sp³-hybridized carbons (Fsp3) is 0.833. The van der Waals surface area contributed by atoms with Crippen LogP contribution in [0.2, 0.25) is 0 Å². The molecule has 1 aliphatic rings. The van der Waals surface area contributed by atoms with Crippen LogP contribution >= 0.6 is 0 Å². The molecule has 0 radical (unpaired) electrons. The third-order valence-electron chi connectivity index (χ3n) is 3.26. The molecule has 100 valence electrons. The standard InChI is InChI=1S/C12H21F3N2/c1-9(2)11(8-16-3)17-6-4-10(5-7-17)12(13,14)15/h4,9,11,16H,5-8H2,1-3H3. The van der Waals surface area contributed by atoms with E-state index < -0.39 is 6.18 Å². The topological polar surface area (TPSA) is 15.3 Å². The first-order chi connectivity index (χ1) is 7.86. The zero-order chi connectivity index (χ0) is 13.1. The second kappa shape index (κ2) is 5.87. The van der Waals surface area contributed by atoms with Crippen LogP contribution in [0.1, 0.15) is 20.3 Å². The minimum atomic E-state index is -4.15. The van der Waals surface area contributed by atoms with Crippen LogP contribution in [-0.2, 0) is 0 Å². The Morgan fingerprint density at radius 2 is 2.06 bits per heavy atom. The van der Waals surface area contributed by atoms with Gasteiger partial charge < -0.3 is 5.32 Å². The predicted molar refractivity (Wildman–Crippen MR) is 62.9 cm³/mol. The van der Waals surface area contributed by atoms with Crippen molar-refractivity contribution in [2.75, 3.05) is 26.7 Å². The largest absolute Gasteiger partial charge is 0.412 e. The quantitative estimate of drug-likeness (QED) is 0.771. The van der Waals surface area contributed by atoms with Crippen LogP contribution in [0, 0.1) is 5.92 Å². The average molecular weight is 250 g/mol. The van der Waals surface area contributed by atoms with Gasteiger partial charge in [-0.1, -0.05) is 19.9 Å². The van der Waals surface area contributed by atoms with E-state index in [1.807, 2.05) is 7.05 Å². The molecule has 1 aliphatic heterocycles. The Bertz CT molecular complexity index is 271. The lowest BCUT2D eigenvalue weighted by Gasteiger charge is -2.36. The fourth-order valence-electron chi connectivity index (χ4n) is 2.24. The Hall–Kier alpha value is -0.550. The van der Waals surface area contributed by atoms with Gasteiger partial charge in [0.15, 0.2) is 0 Å². The Morgan fingerprint density at radius 3 is 2.41 bits per heavy atom. The van der Waals surface area contributed by atoms with E-state index in [1.54, 1.807) is 0 Å². The Morgan fingerprint density at radius 1 is 1.41 bits per heavy atom. The van der Waals surface area contributed by atoms with Crippen molar-refractivity contribution in [3.63, 3.8) is 0 Å². The summed E-state index contributed by atoms with van der Waals surface area (Å²) in [6, 6.07) is 0.297. The number of nitrogens with one attached hydrogen (secondary N) is 1.